The van der Waals surface area contributed by atoms with Crippen LogP contribution in [-0.2, 0) is 16.8 Å². The van der Waals surface area contributed by atoms with E-state index < -0.39 is 16.0 Å². The largest absolute Gasteiger partial charge is 0.417 e. The molecule has 3 N–H and O–H groups in total. The first-order valence-electron chi connectivity index (χ1n) is 8.09. The highest BCUT2D eigenvalue weighted by atomic mass is 32.2. The average Bonchev–Trinajstić information content (AvgIpc) is 3.32. The van der Waals surface area contributed by atoms with Crippen molar-refractivity contribution in [3.63, 3.8) is 0 Å². The topological polar surface area (TPSA) is 141 Å². The molecule has 148 valence electrons. The fourth-order valence-corrected chi connectivity index (χ4v) is 3.78. The molecule has 0 aliphatic heterocycles. The van der Waals surface area contributed by atoms with Gasteiger partial charge in [-0.05, 0) is 35.4 Å². The molecule has 4 rings (SSSR count). The fourth-order valence-electron chi connectivity index (χ4n) is 2.51. The molecule has 0 bridgehead atoms. The lowest BCUT2D eigenvalue weighted by Gasteiger charge is -2.01. The van der Waals surface area contributed by atoms with E-state index in [4.69, 9.17) is 9.56 Å². The molecule has 2 aromatic heterocycles. The van der Waals surface area contributed by atoms with Crippen LogP contribution in [0.15, 0.2) is 46.9 Å². The highest BCUT2D eigenvalue weighted by Crippen LogP contribution is 2.29. The molecule has 4 aromatic rings. The Labute approximate surface area is 167 Å². The van der Waals surface area contributed by atoms with E-state index in [0.717, 1.165) is 27.2 Å². The summed E-state index contributed by atoms with van der Waals surface area (Å²) in [4.78, 5) is 16.9. The molecule has 9 nitrogen and oxygen atoms in total. The van der Waals surface area contributed by atoms with Gasteiger partial charge in [0.05, 0.1) is 16.8 Å². The van der Waals surface area contributed by atoms with Crippen molar-refractivity contribution in [1.29, 1.82) is 0 Å². The third kappa shape index (κ3) is 4.35. The predicted octanol–water partition coefficient (Wildman–Crippen LogP) is 2.01. The first kappa shape index (κ1) is 19.3. The molecule has 2 heterocycles. The minimum atomic E-state index is -3.93. The van der Waals surface area contributed by atoms with E-state index in [2.05, 4.69) is 15.2 Å². The molecule has 0 atom stereocenters. The molecule has 0 saturated heterocycles. The number of aromatic nitrogens is 3. The van der Waals surface area contributed by atoms with Crippen LogP contribution in [0.2, 0.25) is 0 Å². The normalized spacial score (nSPS) is 11.8. The van der Waals surface area contributed by atoms with Crippen LogP contribution in [-0.4, -0.2) is 29.4 Å². The highest BCUT2D eigenvalue weighted by molar-refractivity contribution is 7.87. The molecule has 0 amide bonds. The van der Waals surface area contributed by atoms with Gasteiger partial charge in [0.1, 0.15) is 5.82 Å². The second-order valence-corrected chi connectivity index (χ2v) is 8.31. The van der Waals surface area contributed by atoms with Crippen molar-refractivity contribution in [2.45, 2.75) is 6.54 Å². The number of nitrogens with zero attached hydrogens (tertiary/aromatic N) is 3. The summed E-state index contributed by atoms with van der Waals surface area (Å²) in [5.74, 6) is -1.32. The number of benzene rings is 2. The molecule has 12 heteroatoms. The third-order valence-corrected chi connectivity index (χ3v) is 5.41. The number of ketones is 1. The number of thiazole rings is 1. The number of nitrogens with two attached hydrogens (primary N) is 1. The van der Waals surface area contributed by atoms with Crippen LogP contribution >= 0.6 is 11.3 Å². The monoisotopic (exact) mass is 433 g/mol. The van der Waals surface area contributed by atoms with Gasteiger partial charge < -0.3 is 4.42 Å². The minimum Gasteiger partial charge on any atom is -0.417 e. The second kappa shape index (κ2) is 7.40. The quantitative estimate of drug-likeness (QED) is 0.443. The molecule has 2 aromatic carbocycles. The van der Waals surface area contributed by atoms with Crippen molar-refractivity contribution in [3.05, 3.63) is 65.1 Å². The fraction of sp³-hybridized carbons (Fsp3) is 0.0588. The zero-order valence-corrected chi connectivity index (χ0v) is 16.1. The second-order valence-electron chi connectivity index (χ2n) is 5.90. The van der Waals surface area contributed by atoms with Gasteiger partial charge in [0.15, 0.2) is 5.01 Å². The van der Waals surface area contributed by atoms with Crippen LogP contribution in [0.25, 0.3) is 21.3 Å². The maximum absolute atomic E-state index is 13.1. The number of halogens is 1. The van der Waals surface area contributed by atoms with E-state index in [0.29, 0.717) is 5.52 Å². The van der Waals surface area contributed by atoms with E-state index in [1.165, 1.54) is 12.1 Å². The van der Waals surface area contributed by atoms with Gasteiger partial charge in [-0.25, -0.2) is 14.5 Å². The van der Waals surface area contributed by atoms with E-state index in [1.54, 1.807) is 18.2 Å². The molecule has 0 aliphatic carbocycles. The van der Waals surface area contributed by atoms with Crippen molar-refractivity contribution in [3.8, 4) is 11.1 Å². The Morgan fingerprint density at radius 3 is 2.59 bits per heavy atom. The van der Waals surface area contributed by atoms with Gasteiger partial charge in [-0.2, -0.15) is 13.1 Å². The Kier molecular flexibility index (Phi) is 4.92. The van der Waals surface area contributed by atoms with Gasteiger partial charge in [0, 0.05) is 0 Å². The average molecular weight is 433 g/mol. The number of nitrogens with one attached hydrogen (secondary N) is 1. The molecule has 0 fully saturated rings. The number of rotatable bonds is 6. The molecule has 29 heavy (non-hydrogen) atoms. The molecule has 0 aliphatic rings. The zero-order valence-electron chi connectivity index (χ0n) is 14.5. The molecule has 0 saturated carbocycles. The summed E-state index contributed by atoms with van der Waals surface area (Å²) in [6.45, 7) is -0.333. The van der Waals surface area contributed by atoms with Crippen molar-refractivity contribution in [2.24, 2.45) is 5.14 Å². The van der Waals surface area contributed by atoms with E-state index in [9.17, 15) is 17.6 Å². The summed E-state index contributed by atoms with van der Waals surface area (Å²) in [5, 5.41) is 12.2. The maximum Gasteiger partial charge on any atom is 0.291 e. The number of fused-ring (bicyclic) bond motifs is 1. The van der Waals surface area contributed by atoms with Crippen molar-refractivity contribution in [2.75, 3.05) is 0 Å². The molecule has 0 radical (unpaired) electrons. The summed E-state index contributed by atoms with van der Waals surface area (Å²) in [7, 11) is -3.93. The van der Waals surface area contributed by atoms with Gasteiger partial charge >= 0.3 is 0 Å². The van der Waals surface area contributed by atoms with Crippen molar-refractivity contribution < 1.29 is 22.0 Å². The number of hydrogen-bond donors (Lipinski definition) is 2. The number of hydrogen-bond acceptors (Lipinski definition) is 8. The highest BCUT2D eigenvalue weighted by Gasteiger charge is 2.21. The number of carbonyl (C=O) groups excluding carboxylic acids is 1. The summed E-state index contributed by atoms with van der Waals surface area (Å²) in [5.41, 5.74) is 2.30. The Hall–Kier alpha value is -3.06. The van der Waals surface area contributed by atoms with E-state index in [1.807, 2.05) is 16.9 Å². The van der Waals surface area contributed by atoms with Crippen molar-refractivity contribution >= 4 is 37.5 Å². The predicted molar refractivity (Wildman–Crippen MR) is 103 cm³/mol. The first-order valence-corrected chi connectivity index (χ1v) is 10.5. The maximum atomic E-state index is 13.1. The lowest BCUT2D eigenvalue weighted by Crippen LogP contribution is -2.30. The number of carbonyl (C=O) groups is 1. The summed E-state index contributed by atoms with van der Waals surface area (Å²) in [6.07, 6.45) is 0. The van der Waals surface area contributed by atoms with Crippen LogP contribution in [0.3, 0.4) is 0 Å². The van der Waals surface area contributed by atoms with Gasteiger partial charge in [0.25, 0.3) is 21.9 Å². The first-order chi connectivity index (χ1) is 13.8. The molecular formula is C17H12FN5O4S2. The SMILES string of the molecule is NS(=O)(=O)NCc1nnc(C(=O)c2nc3ccc(-c4ccc(F)cc4)cc3s2)o1. The van der Waals surface area contributed by atoms with Crippen LogP contribution in [0.1, 0.15) is 21.6 Å². The Bertz CT molecular complexity index is 1320. The van der Waals surface area contributed by atoms with Gasteiger partial charge in [-0.3, -0.25) is 4.79 Å². The van der Waals surface area contributed by atoms with Crippen LogP contribution in [0.4, 0.5) is 4.39 Å². The Morgan fingerprint density at radius 2 is 1.86 bits per heavy atom. The van der Waals surface area contributed by atoms with Crippen LogP contribution in [0.5, 0.6) is 0 Å². The standard InChI is InChI=1S/C17H12FN5O4S2/c18-11-4-1-9(2-5-11)10-3-6-12-13(7-10)28-17(21-12)15(24)16-23-22-14(27-16)8-20-29(19,25)26/h1-7,20H,8H2,(H2,19,25,26). The third-order valence-electron chi connectivity index (χ3n) is 3.85. The minimum absolute atomic E-state index is 0.109. The van der Waals surface area contributed by atoms with Crippen molar-refractivity contribution in [1.82, 2.24) is 19.9 Å². The van der Waals surface area contributed by atoms with Crippen LogP contribution < -0.4 is 9.86 Å². The Balaban J connectivity index is 1.58. The zero-order chi connectivity index (χ0) is 20.6. The van der Waals surface area contributed by atoms with E-state index >= 15 is 0 Å². The van der Waals surface area contributed by atoms with E-state index in [-0.39, 0.29) is 29.2 Å². The lowest BCUT2D eigenvalue weighted by molar-refractivity contribution is 0.100. The smallest absolute Gasteiger partial charge is 0.291 e. The van der Waals surface area contributed by atoms with Gasteiger partial charge in [-0.15, -0.1) is 21.5 Å². The molecular weight excluding hydrogens is 421 g/mol. The van der Waals surface area contributed by atoms with Gasteiger partial charge in [0.2, 0.25) is 5.89 Å². The molecule has 0 unspecified atom stereocenters. The summed E-state index contributed by atoms with van der Waals surface area (Å²) >= 11 is 1.15. The summed E-state index contributed by atoms with van der Waals surface area (Å²) < 4.78 is 42.8. The Morgan fingerprint density at radius 1 is 1.14 bits per heavy atom. The lowest BCUT2D eigenvalue weighted by atomic mass is 10.1. The van der Waals surface area contributed by atoms with Crippen LogP contribution in [0, 0.1) is 5.82 Å². The summed E-state index contributed by atoms with van der Waals surface area (Å²) in [6, 6.07) is 11.5. The van der Waals surface area contributed by atoms with Gasteiger partial charge in [-0.1, -0.05) is 18.2 Å². The molecule has 0 spiro atoms.